The Morgan fingerprint density at radius 1 is 1.47 bits per heavy atom. The van der Waals surface area contributed by atoms with Crippen molar-refractivity contribution in [3.63, 3.8) is 0 Å². The molecule has 0 amide bonds. The lowest BCUT2D eigenvalue weighted by Gasteiger charge is -2.17. The minimum atomic E-state index is 0.540. The predicted octanol–water partition coefficient (Wildman–Crippen LogP) is 1.92. The number of nitrogens with one attached hydrogen (secondary N) is 1. The van der Waals surface area contributed by atoms with Gasteiger partial charge < -0.3 is 5.32 Å². The molecule has 1 N–H and O–H groups in total. The van der Waals surface area contributed by atoms with Crippen LogP contribution in [0.2, 0.25) is 0 Å². The van der Waals surface area contributed by atoms with Gasteiger partial charge in [-0.1, -0.05) is 25.7 Å². The molecule has 0 aliphatic heterocycles. The highest BCUT2D eigenvalue weighted by Crippen LogP contribution is 2.29. The van der Waals surface area contributed by atoms with E-state index in [2.05, 4.69) is 22.4 Å². The topological polar surface area (TPSA) is 42.7 Å². The first kappa shape index (κ1) is 12.6. The largest absolute Gasteiger partial charge is 0.317 e. The minimum Gasteiger partial charge on any atom is -0.317 e. The standard InChI is InChI=1S/C13H24N4/c1-14-12(8-7-11-5-3-4-6-11)9-13-15-10-16-17(13)2/h10-12,14H,3-9H2,1-2H3. The molecular weight excluding hydrogens is 212 g/mol. The Labute approximate surface area is 104 Å². The van der Waals surface area contributed by atoms with Gasteiger partial charge in [0.25, 0.3) is 0 Å². The molecule has 0 radical (unpaired) electrons. The summed E-state index contributed by atoms with van der Waals surface area (Å²) in [4.78, 5) is 4.30. The monoisotopic (exact) mass is 236 g/mol. The summed E-state index contributed by atoms with van der Waals surface area (Å²) in [7, 11) is 4.02. The zero-order valence-corrected chi connectivity index (χ0v) is 11.0. The molecule has 4 heteroatoms. The van der Waals surface area contributed by atoms with Crippen molar-refractivity contribution >= 4 is 0 Å². The van der Waals surface area contributed by atoms with Crippen LogP contribution in [-0.2, 0) is 13.5 Å². The summed E-state index contributed by atoms with van der Waals surface area (Å²) in [5.41, 5.74) is 0. The van der Waals surface area contributed by atoms with Crippen LogP contribution in [0.25, 0.3) is 0 Å². The van der Waals surface area contributed by atoms with Crippen LogP contribution in [0.5, 0.6) is 0 Å². The van der Waals surface area contributed by atoms with E-state index >= 15 is 0 Å². The Morgan fingerprint density at radius 2 is 2.24 bits per heavy atom. The van der Waals surface area contributed by atoms with Gasteiger partial charge in [0.15, 0.2) is 0 Å². The fourth-order valence-corrected chi connectivity index (χ4v) is 2.81. The molecule has 0 spiro atoms. The second-order valence-electron chi connectivity index (χ2n) is 5.22. The Kier molecular flexibility index (Phi) is 4.54. The Balaban J connectivity index is 1.78. The third kappa shape index (κ3) is 3.53. The van der Waals surface area contributed by atoms with E-state index in [0.29, 0.717) is 6.04 Å². The normalized spacial score (nSPS) is 18.7. The molecule has 0 bridgehead atoms. The van der Waals surface area contributed by atoms with Crippen LogP contribution < -0.4 is 5.32 Å². The van der Waals surface area contributed by atoms with Crippen molar-refractivity contribution in [3.8, 4) is 0 Å². The summed E-state index contributed by atoms with van der Waals surface area (Å²) in [5, 5.41) is 7.53. The number of hydrogen-bond acceptors (Lipinski definition) is 3. The van der Waals surface area contributed by atoms with Crippen LogP contribution >= 0.6 is 0 Å². The number of aromatic nitrogens is 3. The Bertz CT molecular complexity index is 328. The van der Waals surface area contributed by atoms with Crippen LogP contribution in [0.4, 0.5) is 0 Å². The van der Waals surface area contributed by atoms with Gasteiger partial charge in [0.2, 0.25) is 0 Å². The third-order valence-electron chi connectivity index (χ3n) is 4.04. The van der Waals surface area contributed by atoms with E-state index in [0.717, 1.165) is 18.2 Å². The molecule has 1 unspecified atom stereocenters. The van der Waals surface area contributed by atoms with Crippen LogP contribution in [0.3, 0.4) is 0 Å². The van der Waals surface area contributed by atoms with Gasteiger partial charge in [-0.15, -0.1) is 0 Å². The predicted molar refractivity (Wildman–Crippen MR) is 68.7 cm³/mol. The summed E-state index contributed by atoms with van der Waals surface area (Å²) in [6.07, 6.45) is 11.0. The van der Waals surface area contributed by atoms with Gasteiger partial charge >= 0.3 is 0 Å². The molecule has 0 aromatic carbocycles. The summed E-state index contributed by atoms with van der Waals surface area (Å²) in [5.74, 6) is 2.06. The maximum atomic E-state index is 4.30. The molecule has 4 nitrogen and oxygen atoms in total. The van der Waals surface area contributed by atoms with E-state index in [1.807, 2.05) is 11.7 Å². The maximum Gasteiger partial charge on any atom is 0.138 e. The maximum absolute atomic E-state index is 4.30. The van der Waals surface area contributed by atoms with Gasteiger partial charge in [0.05, 0.1) is 0 Å². The highest BCUT2D eigenvalue weighted by molar-refractivity contribution is 4.89. The number of likely N-dealkylation sites (N-methyl/N-ethyl adjacent to an activating group) is 1. The lowest BCUT2D eigenvalue weighted by molar-refractivity contribution is 0.411. The molecule has 1 aromatic heterocycles. The first-order valence-electron chi connectivity index (χ1n) is 6.79. The Morgan fingerprint density at radius 3 is 2.82 bits per heavy atom. The molecule has 0 saturated heterocycles. The van der Waals surface area contributed by atoms with Crippen molar-refractivity contribution in [1.29, 1.82) is 0 Å². The van der Waals surface area contributed by atoms with Crippen molar-refractivity contribution in [2.75, 3.05) is 7.05 Å². The summed E-state index contributed by atoms with van der Waals surface area (Å²) >= 11 is 0. The average Bonchev–Trinajstić information content (AvgIpc) is 2.96. The van der Waals surface area contributed by atoms with Crippen LogP contribution in [0.1, 0.15) is 44.3 Å². The molecule has 1 saturated carbocycles. The minimum absolute atomic E-state index is 0.540. The van der Waals surface area contributed by atoms with E-state index in [4.69, 9.17) is 0 Å². The summed E-state index contributed by atoms with van der Waals surface area (Å²) in [6.45, 7) is 0. The van der Waals surface area contributed by atoms with Gasteiger partial charge in [0, 0.05) is 19.5 Å². The molecule has 17 heavy (non-hydrogen) atoms. The lowest BCUT2D eigenvalue weighted by Crippen LogP contribution is -2.29. The van der Waals surface area contributed by atoms with Crippen LogP contribution in [-0.4, -0.2) is 27.9 Å². The molecule has 1 fully saturated rings. The number of rotatable bonds is 6. The molecule has 2 rings (SSSR count). The third-order valence-corrected chi connectivity index (χ3v) is 4.04. The van der Waals surface area contributed by atoms with Crippen molar-refractivity contribution in [3.05, 3.63) is 12.2 Å². The first-order valence-corrected chi connectivity index (χ1v) is 6.79. The number of hydrogen-bond donors (Lipinski definition) is 1. The fraction of sp³-hybridized carbons (Fsp3) is 0.846. The Hall–Kier alpha value is -0.900. The van der Waals surface area contributed by atoms with E-state index in [-0.39, 0.29) is 0 Å². The first-order chi connectivity index (χ1) is 8.29. The van der Waals surface area contributed by atoms with Crippen LogP contribution in [0, 0.1) is 5.92 Å². The summed E-state index contributed by atoms with van der Waals surface area (Å²) < 4.78 is 1.87. The quantitative estimate of drug-likeness (QED) is 0.820. The van der Waals surface area contributed by atoms with Gasteiger partial charge in [-0.25, -0.2) is 4.98 Å². The molecule has 1 heterocycles. The van der Waals surface area contributed by atoms with Gasteiger partial charge in [0.1, 0.15) is 12.2 Å². The van der Waals surface area contributed by atoms with Gasteiger partial charge in [-0.05, 0) is 25.8 Å². The molecular formula is C13H24N4. The number of aryl methyl sites for hydroxylation is 1. The molecule has 1 atom stereocenters. The van der Waals surface area contributed by atoms with Crippen LogP contribution in [0.15, 0.2) is 6.33 Å². The molecule has 1 aliphatic carbocycles. The fourth-order valence-electron chi connectivity index (χ4n) is 2.81. The second-order valence-corrected chi connectivity index (χ2v) is 5.22. The van der Waals surface area contributed by atoms with Crippen molar-refractivity contribution in [1.82, 2.24) is 20.1 Å². The van der Waals surface area contributed by atoms with E-state index < -0.39 is 0 Å². The van der Waals surface area contributed by atoms with Gasteiger partial charge in [-0.2, -0.15) is 5.10 Å². The highest BCUT2D eigenvalue weighted by Gasteiger charge is 2.17. The SMILES string of the molecule is CNC(CCC1CCCC1)Cc1ncnn1C. The zero-order valence-electron chi connectivity index (χ0n) is 11.0. The van der Waals surface area contributed by atoms with Crippen molar-refractivity contribution < 1.29 is 0 Å². The van der Waals surface area contributed by atoms with Crippen molar-refractivity contribution in [2.24, 2.45) is 13.0 Å². The second kappa shape index (κ2) is 6.15. The molecule has 96 valence electrons. The molecule has 1 aromatic rings. The number of nitrogens with zero attached hydrogens (tertiary/aromatic N) is 3. The molecule has 1 aliphatic rings. The smallest absolute Gasteiger partial charge is 0.138 e. The van der Waals surface area contributed by atoms with E-state index in [1.165, 1.54) is 38.5 Å². The highest BCUT2D eigenvalue weighted by atomic mass is 15.3. The van der Waals surface area contributed by atoms with E-state index in [1.54, 1.807) is 6.33 Å². The van der Waals surface area contributed by atoms with Crippen molar-refractivity contribution in [2.45, 2.75) is 51.0 Å². The summed E-state index contributed by atoms with van der Waals surface area (Å²) in [6, 6.07) is 0.540. The van der Waals surface area contributed by atoms with Gasteiger partial charge in [-0.3, -0.25) is 4.68 Å². The average molecular weight is 236 g/mol. The lowest BCUT2D eigenvalue weighted by atomic mass is 9.97. The zero-order chi connectivity index (χ0) is 12.1. The van der Waals surface area contributed by atoms with E-state index in [9.17, 15) is 0 Å².